The lowest BCUT2D eigenvalue weighted by Gasteiger charge is -1.74. The zero-order valence-electron chi connectivity index (χ0n) is 4.48. The summed E-state index contributed by atoms with van der Waals surface area (Å²) in [5.74, 6) is -0.426. The molecule has 0 aliphatic carbocycles. The second-order valence-corrected chi connectivity index (χ2v) is 1.58. The molecule has 1 aromatic rings. The molecule has 3 N–H and O–H groups in total. The van der Waals surface area contributed by atoms with Crippen molar-refractivity contribution in [3.05, 3.63) is 12.1 Å². The minimum Gasteiger partial charge on any atom is -0.390 e. The van der Waals surface area contributed by atoms with E-state index in [9.17, 15) is 4.39 Å². The maximum Gasteiger partial charge on any atom is 0.407 e. The largest absolute Gasteiger partial charge is 0.407 e. The second kappa shape index (κ2) is 1.47. The summed E-state index contributed by atoms with van der Waals surface area (Å²) in [7, 11) is 1.55. The number of nitrogens with two attached hydrogens (primary N) is 1. The average molecular weight is 116 g/mol. The lowest BCUT2D eigenvalue weighted by atomic mass is 10.6. The van der Waals surface area contributed by atoms with Gasteiger partial charge in [0.05, 0.1) is 6.20 Å². The van der Waals surface area contributed by atoms with Crippen molar-refractivity contribution in [3.63, 3.8) is 0 Å². The number of nitrogen functional groups attached to an aromatic ring is 1. The average Bonchev–Trinajstić information content (AvgIpc) is 1.98. The number of nitrogens with one attached hydrogen (secondary N) is 1. The van der Waals surface area contributed by atoms with Gasteiger partial charge in [-0.25, -0.2) is 0 Å². The Morgan fingerprint density at radius 1 is 1.88 bits per heavy atom. The van der Waals surface area contributed by atoms with Crippen LogP contribution >= 0.6 is 0 Å². The zero-order chi connectivity index (χ0) is 6.15. The van der Waals surface area contributed by atoms with Gasteiger partial charge in [-0.2, -0.15) is 5.10 Å². The molecule has 0 spiro atoms. The fraction of sp³-hybridized carbons (Fsp3) is 0.250. The van der Waals surface area contributed by atoms with Gasteiger partial charge >= 0.3 is 5.95 Å². The second-order valence-electron chi connectivity index (χ2n) is 1.58. The van der Waals surface area contributed by atoms with Gasteiger partial charge in [0.15, 0.2) is 12.7 Å². The third-order valence-electron chi connectivity index (χ3n) is 0.946. The number of aromatic amines is 1. The Balaban J connectivity index is 3.19. The van der Waals surface area contributed by atoms with Gasteiger partial charge in [-0.05, 0) is 0 Å². The van der Waals surface area contributed by atoms with Gasteiger partial charge in [0.25, 0.3) is 0 Å². The van der Waals surface area contributed by atoms with Gasteiger partial charge in [-0.1, -0.05) is 4.68 Å². The van der Waals surface area contributed by atoms with Crippen LogP contribution in [-0.4, -0.2) is 5.10 Å². The summed E-state index contributed by atoms with van der Waals surface area (Å²) in [5.41, 5.74) is 5.26. The highest BCUT2D eigenvalue weighted by Crippen LogP contribution is 1.98. The Bertz CT molecular complexity index is 174. The van der Waals surface area contributed by atoms with Crippen LogP contribution in [0.15, 0.2) is 6.20 Å². The van der Waals surface area contributed by atoms with Crippen LogP contribution in [-0.2, 0) is 7.05 Å². The van der Waals surface area contributed by atoms with Crippen LogP contribution in [0, 0.1) is 5.95 Å². The van der Waals surface area contributed by atoms with E-state index in [1.54, 1.807) is 7.05 Å². The number of H-pyrrole nitrogens is 1. The van der Waals surface area contributed by atoms with Crippen molar-refractivity contribution in [1.29, 1.82) is 0 Å². The first kappa shape index (κ1) is 5.08. The number of halogens is 1. The van der Waals surface area contributed by atoms with Crippen LogP contribution in [0.1, 0.15) is 0 Å². The predicted molar refractivity (Wildman–Crippen MR) is 26.3 cm³/mol. The highest BCUT2D eigenvalue weighted by atomic mass is 19.1. The molecular formula is C4H7FN3+. The van der Waals surface area contributed by atoms with Crippen molar-refractivity contribution in [2.24, 2.45) is 7.05 Å². The Morgan fingerprint density at radius 2 is 2.50 bits per heavy atom. The molecule has 3 nitrogen and oxygen atoms in total. The molecule has 0 fully saturated rings. The third-order valence-corrected chi connectivity index (χ3v) is 0.946. The highest BCUT2D eigenvalue weighted by molar-refractivity contribution is 5.29. The maximum absolute atomic E-state index is 12.3. The molecule has 1 rings (SSSR count). The maximum atomic E-state index is 12.3. The number of hydrogen-bond acceptors (Lipinski definition) is 1. The van der Waals surface area contributed by atoms with E-state index < -0.39 is 5.95 Å². The standard InChI is InChI=1S/C4H6FN3/c1-8-4(5)3(6)2-7-8/h2H,6H2,1H3/p+1. The Morgan fingerprint density at radius 3 is 2.62 bits per heavy atom. The van der Waals surface area contributed by atoms with Crippen LogP contribution in [0.25, 0.3) is 0 Å². The minimum absolute atomic E-state index is 0.146. The van der Waals surface area contributed by atoms with Crippen molar-refractivity contribution >= 4 is 5.69 Å². The van der Waals surface area contributed by atoms with Gasteiger partial charge in [0, 0.05) is 0 Å². The topological polar surface area (TPSA) is 45.7 Å². The van der Waals surface area contributed by atoms with Crippen LogP contribution in [0.5, 0.6) is 0 Å². The van der Waals surface area contributed by atoms with E-state index in [4.69, 9.17) is 5.73 Å². The number of anilines is 1. The number of aromatic nitrogens is 2. The van der Waals surface area contributed by atoms with E-state index in [1.807, 2.05) is 0 Å². The normalized spacial score (nSPS) is 9.75. The lowest BCUT2D eigenvalue weighted by Crippen LogP contribution is -2.33. The van der Waals surface area contributed by atoms with E-state index in [2.05, 4.69) is 5.10 Å². The van der Waals surface area contributed by atoms with Gasteiger partial charge in [0.2, 0.25) is 0 Å². The fourth-order valence-corrected chi connectivity index (χ4v) is 0.476. The molecule has 0 unspecified atom stereocenters. The van der Waals surface area contributed by atoms with Crippen LogP contribution < -0.4 is 10.4 Å². The first-order valence-corrected chi connectivity index (χ1v) is 2.20. The summed E-state index contributed by atoms with van der Waals surface area (Å²) in [5, 5.41) is 2.55. The highest BCUT2D eigenvalue weighted by Gasteiger charge is 2.10. The molecule has 0 aliphatic heterocycles. The molecule has 0 bridgehead atoms. The van der Waals surface area contributed by atoms with Crippen molar-refractivity contribution < 1.29 is 9.07 Å². The van der Waals surface area contributed by atoms with Gasteiger partial charge in [-0.3, -0.25) is 0 Å². The van der Waals surface area contributed by atoms with Crippen molar-refractivity contribution in [3.8, 4) is 0 Å². The number of aryl methyl sites for hydroxylation is 1. The quantitative estimate of drug-likeness (QED) is 0.443. The van der Waals surface area contributed by atoms with Crippen LogP contribution in [0.3, 0.4) is 0 Å². The first-order chi connectivity index (χ1) is 3.72. The molecule has 1 heterocycles. The van der Waals surface area contributed by atoms with E-state index >= 15 is 0 Å². The van der Waals surface area contributed by atoms with Gasteiger partial charge < -0.3 is 5.73 Å². The predicted octanol–water partition coefficient (Wildman–Crippen LogP) is -0.440. The van der Waals surface area contributed by atoms with Gasteiger partial charge in [-0.15, -0.1) is 4.39 Å². The van der Waals surface area contributed by atoms with E-state index in [0.717, 1.165) is 0 Å². The Hall–Kier alpha value is -1.06. The van der Waals surface area contributed by atoms with Crippen molar-refractivity contribution in [1.82, 2.24) is 5.10 Å². The van der Waals surface area contributed by atoms with Crippen molar-refractivity contribution in [2.45, 2.75) is 0 Å². The smallest absolute Gasteiger partial charge is 0.390 e. The SMILES string of the molecule is C[n+]1[nH]cc(N)c1F. The fourth-order valence-electron chi connectivity index (χ4n) is 0.476. The number of rotatable bonds is 0. The minimum atomic E-state index is -0.426. The Kier molecular flexibility index (Phi) is 0.932. The lowest BCUT2D eigenvalue weighted by molar-refractivity contribution is -0.751. The van der Waals surface area contributed by atoms with Crippen LogP contribution in [0.2, 0.25) is 0 Å². The van der Waals surface area contributed by atoms with Crippen molar-refractivity contribution in [2.75, 3.05) is 5.73 Å². The Labute approximate surface area is 45.9 Å². The molecule has 0 amide bonds. The summed E-state index contributed by atoms with van der Waals surface area (Å²) in [4.78, 5) is 0. The summed E-state index contributed by atoms with van der Waals surface area (Å²) in [6, 6.07) is 0. The summed E-state index contributed by atoms with van der Waals surface area (Å²) in [6.07, 6.45) is 1.40. The third kappa shape index (κ3) is 0.538. The van der Waals surface area contributed by atoms with E-state index in [1.165, 1.54) is 10.9 Å². The molecule has 1 aromatic heterocycles. The molecule has 0 saturated heterocycles. The monoisotopic (exact) mass is 116 g/mol. The molecule has 0 atom stereocenters. The van der Waals surface area contributed by atoms with Crippen LogP contribution in [0.4, 0.5) is 10.1 Å². The molecule has 0 saturated carbocycles. The molecule has 0 radical (unpaired) electrons. The molecule has 44 valence electrons. The molecule has 0 aliphatic rings. The number of hydrogen-bond donors (Lipinski definition) is 2. The first-order valence-electron chi connectivity index (χ1n) is 2.20. The van der Waals surface area contributed by atoms with E-state index in [-0.39, 0.29) is 5.69 Å². The number of nitrogens with zero attached hydrogens (tertiary/aromatic N) is 1. The van der Waals surface area contributed by atoms with Gasteiger partial charge in [0.1, 0.15) is 0 Å². The summed E-state index contributed by atoms with van der Waals surface area (Å²) in [6.45, 7) is 0. The molecule has 4 heteroatoms. The summed E-state index contributed by atoms with van der Waals surface area (Å²) >= 11 is 0. The van der Waals surface area contributed by atoms with E-state index in [0.29, 0.717) is 0 Å². The molecule has 8 heavy (non-hydrogen) atoms. The molecule has 0 aromatic carbocycles. The summed E-state index contributed by atoms with van der Waals surface area (Å²) < 4.78 is 13.5. The molecular weight excluding hydrogens is 109 g/mol. The zero-order valence-corrected chi connectivity index (χ0v) is 4.48.